The number of hydrogen-bond donors (Lipinski definition) is 3. The highest BCUT2D eigenvalue weighted by atomic mass is 35.5. The Bertz CT molecular complexity index is 967. The van der Waals surface area contributed by atoms with Crippen LogP contribution in [0.15, 0.2) is 18.2 Å². The van der Waals surface area contributed by atoms with Crippen molar-refractivity contribution < 1.29 is 24.0 Å². The zero-order valence-corrected chi connectivity index (χ0v) is 20.6. The van der Waals surface area contributed by atoms with Crippen molar-refractivity contribution in [2.45, 2.75) is 76.7 Å². The Morgan fingerprint density at radius 3 is 2.40 bits per heavy atom. The number of rotatable bonds is 14. The SMILES string of the molecule is O=C(CCNCl)NCCCCCCCCCc1cccc2c1C(=O)N(C1CCC(=O)NC1=O)C2=O. The van der Waals surface area contributed by atoms with Crippen molar-refractivity contribution in [2.75, 3.05) is 13.1 Å². The van der Waals surface area contributed by atoms with E-state index in [0.29, 0.717) is 37.1 Å². The number of imide groups is 2. The fourth-order valence-corrected chi connectivity index (χ4v) is 4.69. The predicted molar refractivity (Wildman–Crippen MR) is 131 cm³/mol. The van der Waals surface area contributed by atoms with E-state index in [-0.39, 0.29) is 24.7 Å². The van der Waals surface area contributed by atoms with E-state index >= 15 is 0 Å². The lowest BCUT2D eigenvalue weighted by Crippen LogP contribution is -2.54. The van der Waals surface area contributed by atoms with Crippen LogP contribution in [0.1, 0.15) is 90.5 Å². The van der Waals surface area contributed by atoms with Crippen LogP contribution < -0.4 is 15.5 Å². The van der Waals surface area contributed by atoms with Gasteiger partial charge in [-0.3, -0.25) is 34.2 Å². The molecule has 3 rings (SSSR count). The smallest absolute Gasteiger partial charge is 0.262 e. The van der Waals surface area contributed by atoms with Crippen molar-refractivity contribution >= 4 is 41.3 Å². The highest BCUT2D eigenvalue weighted by Gasteiger charge is 2.45. The van der Waals surface area contributed by atoms with Gasteiger partial charge in [-0.25, -0.2) is 4.84 Å². The zero-order valence-electron chi connectivity index (χ0n) is 19.9. The van der Waals surface area contributed by atoms with Crippen molar-refractivity contribution in [2.24, 2.45) is 0 Å². The number of nitrogens with one attached hydrogen (secondary N) is 3. The van der Waals surface area contributed by atoms with Gasteiger partial charge in [-0.15, -0.1) is 0 Å². The number of hydrogen-bond acceptors (Lipinski definition) is 6. The van der Waals surface area contributed by atoms with Gasteiger partial charge in [0.15, 0.2) is 0 Å². The van der Waals surface area contributed by atoms with E-state index in [1.165, 1.54) is 0 Å². The van der Waals surface area contributed by atoms with Gasteiger partial charge in [-0.05, 0) is 49.1 Å². The lowest BCUT2D eigenvalue weighted by molar-refractivity contribution is -0.136. The Balaban J connectivity index is 1.39. The van der Waals surface area contributed by atoms with Gasteiger partial charge >= 0.3 is 0 Å². The van der Waals surface area contributed by atoms with Crippen molar-refractivity contribution in [3.8, 4) is 0 Å². The molecule has 1 fully saturated rings. The minimum atomic E-state index is -0.941. The molecule has 1 aromatic carbocycles. The Labute approximate surface area is 210 Å². The van der Waals surface area contributed by atoms with Crippen LogP contribution in [0.3, 0.4) is 0 Å². The second-order valence-corrected chi connectivity index (χ2v) is 9.26. The summed E-state index contributed by atoms with van der Waals surface area (Å²) >= 11 is 5.33. The van der Waals surface area contributed by atoms with Crippen molar-refractivity contribution in [3.05, 3.63) is 34.9 Å². The lowest BCUT2D eigenvalue weighted by Gasteiger charge is -2.27. The van der Waals surface area contributed by atoms with Gasteiger partial charge in [0.25, 0.3) is 11.8 Å². The first-order valence-corrected chi connectivity index (χ1v) is 12.8. The molecule has 10 heteroatoms. The Morgan fingerprint density at radius 2 is 1.69 bits per heavy atom. The fourth-order valence-electron chi connectivity index (χ4n) is 4.59. The number of carbonyl (C=O) groups excluding carboxylic acids is 5. The largest absolute Gasteiger partial charge is 0.356 e. The van der Waals surface area contributed by atoms with Crippen LogP contribution in [0.4, 0.5) is 0 Å². The fraction of sp³-hybridized carbons (Fsp3) is 0.560. The minimum absolute atomic E-state index is 0.00552. The third-order valence-electron chi connectivity index (χ3n) is 6.45. The van der Waals surface area contributed by atoms with E-state index in [2.05, 4.69) is 15.5 Å². The number of fused-ring (bicyclic) bond motifs is 1. The Hall–Kier alpha value is -2.78. The molecule has 0 saturated carbocycles. The van der Waals surface area contributed by atoms with Crippen molar-refractivity contribution in [1.29, 1.82) is 0 Å². The van der Waals surface area contributed by atoms with Crippen LogP contribution in [0, 0.1) is 0 Å². The average molecular weight is 505 g/mol. The molecule has 1 atom stereocenters. The highest BCUT2D eigenvalue weighted by Crippen LogP contribution is 2.30. The molecular weight excluding hydrogens is 472 g/mol. The summed E-state index contributed by atoms with van der Waals surface area (Å²) in [6, 6.07) is 4.33. The number of halogens is 1. The van der Waals surface area contributed by atoms with Gasteiger partial charge in [-0.2, -0.15) is 0 Å². The molecule has 1 aromatic rings. The summed E-state index contributed by atoms with van der Waals surface area (Å²) in [6.45, 7) is 1.14. The molecule has 9 nitrogen and oxygen atoms in total. The molecule has 0 radical (unpaired) electrons. The number of amides is 5. The summed E-state index contributed by atoms with van der Waals surface area (Å²) in [5.74, 6) is -1.88. The van der Waals surface area contributed by atoms with E-state index in [0.717, 1.165) is 55.4 Å². The van der Waals surface area contributed by atoms with Crippen LogP contribution in [-0.2, 0) is 20.8 Å². The lowest BCUT2D eigenvalue weighted by atomic mass is 9.97. The first-order valence-electron chi connectivity index (χ1n) is 12.4. The summed E-state index contributed by atoms with van der Waals surface area (Å²) in [7, 11) is 0. The first kappa shape index (κ1) is 26.8. The van der Waals surface area contributed by atoms with Crippen LogP contribution in [0.2, 0.25) is 0 Å². The molecular formula is C25H33ClN4O5. The third-order valence-corrected chi connectivity index (χ3v) is 6.64. The van der Waals surface area contributed by atoms with Crippen molar-refractivity contribution in [1.82, 2.24) is 20.4 Å². The Morgan fingerprint density at radius 1 is 0.971 bits per heavy atom. The quantitative estimate of drug-likeness (QED) is 0.203. The molecule has 190 valence electrons. The first-order chi connectivity index (χ1) is 16.9. The number of nitrogens with zero attached hydrogens (tertiary/aromatic N) is 1. The molecule has 1 saturated heterocycles. The van der Waals surface area contributed by atoms with Crippen molar-refractivity contribution in [3.63, 3.8) is 0 Å². The zero-order chi connectivity index (χ0) is 25.2. The minimum Gasteiger partial charge on any atom is -0.356 e. The predicted octanol–water partition coefficient (Wildman–Crippen LogP) is 2.61. The van der Waals surface area contributed by atoms with Gasteiger partial charge in [-0.1, -0.05) is 44.2 Å². The van der Waals surface area contributed by atoms with Crippen LogP contribution in [-0.4, -0.2) is 53.6 Å². The average Bonchev–Trinajstić information content (AvgIpc) is 3.09. The van der Waals surface area contributed by atoms with E-state index in [1.807, 2.05) is 6.07 Å². The summed E-state index contributed by atoms with van der Waals surface area (Å²) in [4.78, 5) is 64.6. The monoisotopic (exact) mass is 504 g/mol. The van der Waals surface area contributed by atoms with Crippen LogP contribution in [0.5, 0.6) is 0 Å². The molecule has 3 N–H and O–H groups in total. The number of unbranched alkanes of at least 4 members (excludes halogenated alkanes) is 6. The van der Waals surface area contributed by atoms with E-state index in [9.17, 15) is 24.0 Å². The standard InChI is InChI=1S/C25H33ClN4O5/c26-28-16-14-20(31)27-15-7-5-3-1-2-4-6-9-17-10-8-11-18-22(17)25(35)30(24(18)34)19-12-13-21(32)29-23(19)33/h8,10-11,19,28H,1-7,9,12-16H2,(H,27,31)(H,29,32,33). The second kappa shape index (κ2) is 13.3. The third kappa shape index (κ3) is 7.11. The molecule has 0 aliphatic carbocycles. The molecule has 2 heterocycles. The number of carbonyl (C=O) groups is 5. The van der Waals surface area contributed by atoms with Crippen LogP contribution >= 0.6 is 11.8 Å². The molecule has 2 aliphatic rings. The molecule has 0 spiro atoms. The highest BCUT2D eigenvalue weighted by molar-refractivity contribution is 6.24. The number of benzene rings is 1. The summed E-state index contributed by atoms with van der Waals surface area (Å²) < 4.78 is 0. The maximum Gasteiger partial charge on any atom is 0.262 e. The molecule has 5 amide bonds. The summed E-state index contributed by atoms with van der Waals surface area (Å²) in [5.41, 5.74) is 1.56. The number of aryl methyl sites for hydroxylation is 1. The van der Waals surface area contributed by atoms with E-state index in [1.54, 1.807) is 12.1 Å². The normalized spacial score (nSPS) is 17.5. The van der Waals surface area contributed by atoms with E-state index in [4.69, 9.17) is 11.8 Å². The van der Waals surface area contributed by atoms with Gasteiger partial charge in [0.2, 0.25) is 17.7 Å². The molecule has 2 aliphatic heterocycles. The van der Waals surface area contributed by atoms with Gasteiger partial charge in [0.05, 0.1) is 11.1 Å². The maximum atomic E-state index is 13.1. The molecule has 1 unspecified atom stereocenters. The van der Waals surface area contributed by atoms with Gasteiger partial charge in [0.1, 0.15) is 6.04 Å². The summed E-state index contributed by atoms with van der Waals surface area (Å²) in [6.07, 6.45) is 8.57. The topological polar surface area (TPSA) is 125 Å². The van der Waals surface area contributed by atoms with E-state index < -0.39 is 23.8 Å². The summed E-state index contributed by atoms with van der Waals surface area (Å²) in [5, 5.41) is 5.09. The molecule has 0 aromatic heterocycles. The van der Waals surface area contributed by atoms with Gasteiger partial charge in [0, 0.05) is 25.9 Å². The second-order valence-electron chi connectivity index (χ2n) is 9.00. The maximum absolute atomic E-state index is 13.1. The Kier molecular flexibility index (Phi) is 10.2. The van der Waals surface area contributed by atoms with Gasteiger partial charge < -0.3 is 5.32 Å². The molecule has 0 bridgehead atoms. The molecule has 35 heavy (non-hydrogen) atoms. The van der Waals surface area contributed by atoms with Crippen LogP contribution in [0.25, 0.3) is 0 Å². The number of piperidine rings is 1.